The number of fused-ring (bicyclic) bond motifs is 1. The molecule has 0 spiro atoms. The second-order valence-electron chi connectivity index (χ2n) is 4.65. The van der Waals surface area contributed by atoms with Gasteiger partial charge in [0.25, 0.3) is 0 Å². The Morgan fingerprint density at radius 3 is 3.00 bits per heavy atom. The number of carbonyl (C=O) groups is 1. The number of aromatic nitrogens is 2. The molecule has 0 aliphatic heterocycles. The highest BCUT2D eigenvalue weighted by Crippen LogP contribution is 2.21. The molecule has 102 valence electrons. The van der Waals surface area contributed by atoms with Gasteiger partial charge in [0.2, 0.25) is 0 Å². The molecule has 0 radical (unpaired) electrons. The van der Waals surface area contributed by atoms with E-state index in [0.717, 1.165) is 22.0 Å². The van der Waals surface area contributed by atoms with Crippen LogP contribution in [0.1, 0.15) is 28.5 Å². The van der Waals surface area contributed by atoms with E-state index in [-0.39, 0.29) is 5.78 Å². The van der Waals surface area contributed by atoms with Crippen molar-refractivity contribution in [3.05, 3.63) is 52.8 Å². The lowest BCUT2D eigenvalue weighted by molar-refractivity contribution is 0.101. The van der Waals surface area contributed by atoms with Gasteiger partial charge in [-0.15, -0.1) is 11.3 Å². The number of carbonyl (C=O) groups excluding carboxylic acids is 1. The number of aryl methyl sites for hydroxylation is 1. The van der Waals surface area contributed by atoms with Gasteiger partial charge in [-0.1, -0.05) is 0 Å². The minimum atomic E-state index is 0.0639. The molecule has 1 aromatic carbocycles. The molecular weight excluding hydrogens is 272 g/mol. The van der Waals surface area contributed by atoms with E-state index in [1.165, 1.54) is 0 Å². The normalized spacial score (nSPS) is 10.9. The van der Waals surface area contributed by atoms with Gasteiger partial charge in [-0.25, -0.2) is 4.98 Å². The number of hydrogen-bond acceptors (Lipinski definition) is 4. The lowest BCUT2D eigenvalue weighted by Gasteiger charge is -2.08. The Kier molecular flexibility index (Phi) is 3.28. The van der Waals surface area contributed by atoms with Crippen LogP contribution in [-0.2, 0) is 6.61 Å². The molecule has 0 fully saturated rings. The molecule has 0 saturated carbocycles. The predicted molar refractivity (Wildman–Crippen MR) is 78.6 cm³/mol. The third-order valence-electron chi connectivity index (χ3n) is 3.10. The molecule has 0 amide bonds. The third kappa shape index (κ3) is 2.44. The maximum atomic E-state index is 11.3. The van der Waals surface area contributed by atoms with E-state index in [4.69, 9.17) is 4.74 Å². The van der Waals surface area contributed by atoms with Gasteiger partial charge in [-0.2, -0.15) is 0 Å². The van der Waals surface area contributed by atoms with Crippen molar-refractivity contribution in [2.24, 2.45) is 0 Å². The van der Waals surface area contributed by atoms with Crippen molar-refractivity contribution in [1.29, 1.82) is 0 Å². The van der Waals surface area contributed by atoms with Crippen molar-refractivity contribution in [3.8, 4) is 5.75 Å². The Hall–Kier alpha value is -2.14. The number of benzene rings is 1. The number of nitrogens with zero attached hydrogens (tertiary/aromatic N) is 2. The van der Waals surface area contributed by atoms with Crippen LogP contribution in [0, 0.1) is 6.92 Å². The zero-order valence-electron chi connectivity index (χ0n) is 11.3. The van der Waals surface area contributed by atoms with Crippen molar-refractivity contribution >= 4 is 22.1 Å². The number of thiazole rings is 1. The number of ether oxygens (including phenoxy) is 1. The zero-order valence-corrected chi connectivity index (χ0v) is 12.1. The molecule has 0 bridgehead atoms. The summed E-state index contributed by atoms with van der Waals surface area (Å²) >= 11 is 1.60. The van der Waals surface area contributed by atoms with Crippen LogP contribution in [0.5, 0.6) is 5.75 Å². The van der Waals surface area contributed by atoms with Crippen LogP contribution in [0.2, 0.25) is 0 Å². The molecule has 0 aliphatic carbocycles. The summed E-state index contributed by atoms with van der Waals surface area (Å²) in [5.74, 6) is 0.848. The average Bonchev–Trinajstić information content (AvgIpc) is 2.97. The van der Waals surface area contributed by atoms with Crippen molar-refractivity contribution in [3.63, 3.8) is 0 Å². The predicted octanol–water partition coefficient (Wildman–Crippen LogP) is 3.49. The van der Waals surface area contributed by atoms with Gasteiger partial charge in [0, 0.05) is 23.3 Å². The fourth-order valence-corrected chi connectivity index (χ4v) is 2.75. The first-order valence-corrected chi connectivity index (χ1v) is 7.17. The van der Waals surface area contributed by atoms with Crippen LogP contribution in [0.25, 0.3) is 4.96 Å². The molecule has 0 unspecified atom stereocenters. The Morgan fingerprint density at radius 2 is 2.30 bits per heavy atom. The second kappa shape index (κ2) is 5.09. The van der Waals surface area contributed by atoms with E-state index in [9.17, 15) is 4.79 Å². The van der Waals surface area contributed by atoms with Crippen molar-refractivity contribution in [2.75, 3.05) is 0 Å². The largest absolute Gasteiger partial charge is 0.487 e. The monoisotopic (exact) mass is 286 g/mol. The Balaban J connectivity index is 1.74. The summed E-state index contributed by atoms with van der Waals surface area (Å²) in [7, 11) is 0. The quantitative estimate of drug-likeness (QED) is 0.690. The van der Waals surface area contributed by atoms with E-state index in [2.05, 4.69) is 4.98 Å². The summed E-state index contributed by atoms with van der Waals surface area (Å²) in [4.78, 5) is 16.7. The Morgan fingerprint density at radius 1 is 1.45 bits per heavy atom. The number of ketones is 1. The first-order chi connectivity index (χ1) is 9.63. The van der Waals surface area contributed by atoms with E-state index >= 15 is 0 Å². The van der Waals surface area contributed by atoms with Crippen LogP contribution in [0.3, 0.4) is 0 Å². The highest BCUT2D eigenvalue weighted by Gasteiger charge is 2.07. The number of Topliss-reactive ketones (excluding diaryl/α,β-unsaturated/α-hetero) is 1. The van der Waals surface area contributed by atoms with Gasteiger partial charge in [0.15, 0.2) is 10.7 Å². The molecule has 0 atom stereocenters. The van der Waals surface area contributed by atoms with Gasteiger partial charge in [-0.3, -0.25) is 9.20 Å². The highest BCUT2D eigenvalue weighted by molar-refractivity contribution is 7.15. The summed E-state index contributed by atoms with van der Waals surface area (Å²) in [6.07, 6.45) is 3.94. The highest BCUT2D eigenvalue weighted by atomic mass is 32.1. The van der Waals surface area contributed by atoms with Crippen molar-refractivity contribution < 1.29 is 9.53 Å². The summed E-state index contributed by atoms with van der Waals surface area (Å²) in [6, 6.07) is 5.48. The molecule has 0 saturated heterocycles. The molecule has 4 nitrogen and oxygen atoms in total. The minimum absolute atomic E-state index is 0.0639. The molecule has 5 heteroatoms. The van der Waals surface area contributed by atoms with E-state index in [0.29, 0.717) is 12.2 Å². The SMILES string of the molecule is CC(=O)c1ccc(OCc2cn3ccsc3n2)c(C)c1. The molecule has 20 heavy (non-hydrogen) atoms. The fourth-order valence-electron chi connectivity index (χ4n) is 2.03. The van der Waals surface area contributed by atoms with Crippen LogP contribution in [0.15, 0.2) is 36.0 Å². The molecular formula is C15H14N2O2S. The maximum Gasteiger partial charge on any atom is 0.193 e. The molecule has 0 N–H and O–H groups in total. The number of imidazole rings is 1. The summed E-state index contributed by atoms with van der Waals surface area (Å²) in [5.41, 5.74) is 2.56. The molecule has 3 aromatic rings. The fraction of sp³-hybridized carbons (Fsp3) is 0.200. The molecule has 3 rings (SSSR count). The smallest absolute Gasteiger partial charge is 0.193 e. The topological polar surface area (TPSA) is 43.6 Å². The van der Waals surface area contributed by atoms with Crippen LogP contribution >= 0.6 is 11.3 Å². The van der Waals surface area contributed by atoms with Gasteiger partial charge in [-0.05, 0) is 37.6 Å². The van der Waals surface area contributed by atoms with E-state index in [1.54, 1.807) is 24.3 Å². The van der Waals surface area contributed by atoms with Crippen LogP contribution in [0.4, 0.5) is 0 Å². The van der Waals surface area contributed by atoms with Gasteiger partial charge < -0.3 is 4.74 Å². The van der Waals surface area contributed by atoms with Crippen LogP contribution < -0.4 is 4.74 Å². The molecule has 2 heterocycles. The van der Waals surface area contributed by atoms with Crippen molar-refractivity contribution in [2.45, 2.75) is 20.5 Å². The van der Waals surface area contributed by atoms with Crippen molar-refractivity contribution in [1.82, 2.24) is 9.38 Å². The molecule has 0 aliphatic rings. The summed E-state index contributed by atoms with van der Waals surface area (Å²) < 4.78 is 7.76. The lowest BCUT2D eigenvalue weighted by Crippen LogP contribution is -1.99. The van der Waals surface area contributed by atoms with Gasteiger partial charge in [0.1, 0.15) is 12.4 Å². The summed E-state index contributed by atoms with van der Waals surface area (Å²) in [5, 5.41) is 2.00. The van der Waals surface area contributed by atoms with Gasteiger partial charge >= 0.3 is 0 Å². The Bertz CT molecular complexity index is 745. The standard InChI is InChI=1S/C15H14N2O2S/c1-10-7-12(11(2)18)3-4-14(10)19-9-13-8-17-5-6-20-15(17)16-13/h3-8H,9H2,1-2H3. The number of rotatable bonds is 4. The average molecular weight is 286 g/mol. The minimum Gasteiger partial charge on any atom is -0.487 e. The third-order valence-corrected chi connectivity index (χ3v) is 3.87. The number of hydrogen-bond donors (Lipinski definition) is 0. The second-order valence-corrected chi connectivity index (χ2v) is 5.52. The first-order valence-electron chi connectivity index (χ1n) is 6.29. The first kappa shape index (κ1) is 12.9. The maximum absolute atomic E-state index is 11.3. The Labute approximate surface area is 120 Å². The van der Waals surface area contributed by atoms with E-state index < -0.39 is 0 Å². The summed E-state index contributed by atoms with van der Waals surface area (Å²) in [6.45, 7) is 3.93. The van der Waals surface area contributed by atoms with Crippen LogP contribution in [-0.4, -0.2) is 15.2 Å². The van der Waals surface area contributed by atoms with Gasteiger partial charge in [0.05, 0.1) is 5.69 Å². The zero-order chi connectivity index (χ0) is 14.1. The lowest BCUT2D eigenvalue weighted by atomic mass is 10.1. The molecule has 2 aromatic heterocycles. The van der Waals surface area contributed by atoms with E-state index in [1.807, 2.05) is 41.2 Å².